The van der Waals surface area contributed by atoms with Gasteiger partial charge in [-0.05, 0) is 30.3 Å². The summed E-state index contributed by atoms with van der Waals surface area (Å²) >= 11 is 5.92. The summed E-state index contributed by atoms with van der Waals surface area (Å²) in [6, 6.07) is 4.00. The van der Waals surface area contributed by atoms with E-state index >= 15 is 0 Å². The van der Waals surface area contributed by atoms with E-state index < -0.39 is 29.3 Å². The lowest BCUT2D eigenvalue weighted by Crippen LogP contribution is -2.23. The van der Waals surface area contributed by atoms with Gasteiger partial charge < -0.3 is 5.32 Å². The fourth-order valence-electron chi connectivity index (χ4n) is 2.09. The fraction of sp³-hybridized carbons (Fsp3) is 0.200. The van der Waals surface area contributed by atoms with Crippen LogP contribution in [0.15, 0.2) is 30.3 Å². The zero-order valence-corrected chi connectivity index (χ0v) is 11.8. The Morgan fingerprint density at radius 3 is 2.24 bits per heavy atom. The highest BCUT2D eigenvalue weighted by molar-refractivity contribution is 6.31. The molecule has 2 aromatic carbocycles. The van der Waals surface area contributed by atoms with Crippen LogP contribution in [0.4, 0.5) is 17.6 Å². The van der Waals surface area contributed by atoms with E-state index in [4.69, 9.17) is 11.6 Å². The Labute approximate surface area is 124 Å². The van der Waals surface area contributed by atoms with Crippen LogP contribution < -0.4 is 5.32 Å². The number of rotatable bonds is 4. The molecule has 1 unspecified atom stereocenters. The Bertz CT molecular complexity index is 660. The van der Waals surface area contributed by atoms with Crippen molar-refractivity contribution in [3.05, 3.63) is 69.8 Å². The summed E-state index contributed by atoms with van der Waals surface area (Å²) in [7, 11) is 0. The lowest BCUT2D eigenvalue weighted by atomic mass is 9.97. The number of benzene rings is 2. The van der Waals surface area contributed by atoms with Crippen LogP contribution in [0.3, 0.4) is 0 Å². The second-order valence-corrected chi connectivity index (χ2v) is 4.85. The Hall–Kier alpha value is -1.59. The van der Waals surface area contributed by atoms with Crippen molar-refractivity contribution in [3.63, 3.8) is 0 Å². The van der Waals surface area contributed by atoms with E-state index in [1.807, 2.05) is 0 Å². The molecule has 1 N–H and O–H groups in total. The first-order chi connectivity index (χ1) is 9.93. The zero-order chi connectivity index (χ0) is 15.6. The van der Waals surface area contributed by atoms with Crippen LogP contribution in [0, 0.1) is 23.3 Å². The second kappa shape index (κ2) is 6.45. The van der Waals surface area contributed by atoms with Crippen molar-refractivity contribution in [3.8, 4) is 0 Å². The second-order valence-electron chi connectivity index (χ2n) is 4.44. The molecule has 0 fully saturated rings. The first-order valence-corrected chi connectivity index (χ1v) is 6.64. The summed E-state index contributed by atoms with van der Waals surface area (Å²) in [5.41, 5.74) is 0.286. The van der Waals surface area contributed by atoms with E-state index in [2.05, 4.69) is 5.32 Å². The highest BCUT2D eigenvalue weighted by atomic mass is 35.5. The third-order valence-corrected chi connectivity index (χ3v) is 3.36. The van der Waals surface area contributed by atoms with Crippen LogP contribution in [0.25, 0.3) is 0 Å². The van der Waals surface area contributed by atoms with Gasteiger partial charge in [0.15, 0.2) is 11.6 Å². The molecule has 0 aromatic heterocycles. The van der Waals surface area contributed by atoms with Crippen molar-refractivity contribution in [1.29, 1.82) is 0 Å². The molecule has 1 nitrogen and oxygen atoms in total. The average Bonchev–Trinajstić information content (AvgIpc) is 2.41. The highest BCUT2D eigenvalue weighted by Gasteiger charge is 2.22. The number of hydrogen-bond donors (Lipinski definition) is 1. The van der Waals surface area contributed by atoms with Crippen LogP contribution in [0.1, 0.15) is 24.1 Å². The standard InChI is InChI=1S/C15H12ClF4N/c1-2-21-15(9-4-3-8(17)5-12(9)18)10-6-13(19)14(20)7-11(10)16/h3-7,15,21H,2H2,1H3. The van der Waals surface area contributed by atoms with Crippen molar-refractivity contribution in [2.45, 2.75) is 13.0 Å². The van der Waals surface area contributed by atoms with Crippen LogP contribution in [0.2, 0.25) is 5.02 Å². The van der Waals surface area contributed by atoms with E-state index in [1.54, 1.807) is 6.92 Å². The van der Waals surface area contributed by atoms with E-state index in [1.165, 1.54) is 6.07 Å². The summed E-state index contributed by atoms with van der Waals surface area (Å²) in [5.74, 6) is -3.68. The largest absolute Gasteiger partial charge is 0.306 e. The van der Waals surface area contributed by atoms with Gasteiger partial charge in [-0.2, -0.15) is 0 Å². The van der Waals surface area contributed by atoms with Gasteiger partial charge in [-0.1, -0.05) is 24.6 Å². The molecular formula is C15H12ClF4N. The maximum atomic E-state index is 13.9. The molecule has 0 spiro atoms. The number of halogens is 5. The van der Waals surface area contributed by atoms with Gasteiger partial charge in [0.25, 0.3) is 0 Å². The van der Waals surface area contributed by atoms with Crippen molar-refractivity contribution in [1.82, 2.24) is 5.32 Å². The van der Waals surface area contributed by atoms with Gasteiger partial charge in [-0.25, -0.2) is 17.6 Å². The Balaban J connectivity index is 2.55. The van der Waals surface area contributed by atoms with E-state index in [9.17, 15) is 17.6 Å². The quantitative estimate of drug-likeness (QED) is 0.642. The van der Waals surface area contributed by atoms with Gasteiger partial charge in [-0.3, -0.25) is 0 Å². The van der Waals surface area contributed by atoms with Gasteiger partial charge in [0, 0.05) is 16.7 Å². The molecule has 0 amide bonds. The average molecular weight is 318 g/mol. The first kappa shape index (κ1) is 15.8. The van der Waals surface area contributed by atoms with Crippen LogP contribution >= 0.6 is 11.6 Å². The van der Waals surface area contributed by atoms with Gasteiger partial charge >= 0.3 is 0 Å². The van der Waals surface area contributed by atoms with Gasteiger partial charge in [-0.15, -0.1) is 0 Å². The molecule has 2 rings (SSSR count). The van der Waals surface area contributed by atoms with E-state index in [-0.39, 0.29) is 16.1 Å². The molecule has 0 aliphatic heterocycles. The molecule has 0 bridgehead atoms. The highest BCUT2D eigenvalue weighted by Crippen LogP contribution is 2.31. The molecule has 112 valence electrons. The molecule has 0 radical (unpaired) electrons. The molecule has 0 aliphatic carbocycles. The molecule has 0 heterocycles. The van der Waals surface area contributed by atoms with Crippen LogP contribution in [-0.4, -0.2) is 6.54 Å². The van der Waals surface area contributed by atoms with E-state index in [0.717, 1.165) is 24.3 Å². The Kier molecular flexibility index (Phi) is 4.85. The smallest absolute Gasteiger partial charge is 0.160 e. The van der Waals surface area contributed by atoms with Crippen LogP contribution in [-0.2, 0) is 0 Å². The van der Waals surface area contributed by atoms with Gasteiger partial charge in [0.2, 0.25) is 0 Å². The maximum Gasteiger partial charge on any atom is 0.160 e. The molecule has 0 aliphatic rings. The normalized spacial score (nSPS) is 12.5. The molecule has 6 heteroatoms. The SMILES string of the molecule is CCNC(c1ccc(F)cc1F)c1cc(F)c(F)cc1Cl. The monoisotopic (exact) mass is 317 g/mol. The summed E-state index contributed by atoms with van der Waals surface area (Å²) in [5, 5.41) is 2.89. The van der Waals surface area contributed by atoms with E-state index in [0.29, 0.717) is 6.54 Å². The lowest BCUT2D eigenvalue weighted by Gasteiger charge is -2.21. The first-order valence-electron chi connectivity index (χ1n) is 6.26. The number of nitrogens with one attached hydrogen (secondary N) is 1. The van der Waals surface area contributed by atoms with Crippen molar-refractivity contribution >= 4 is 11.6 Å². The Morgan fingerprint density at radius 1 is 0.952 bits per heavy atom. The summed E-state index contributed by atoms with van der Waals surface area (Å²) < 4.78 is 53.5. The molecule has 1 atom stereocenters. The predicted molar refractivity (Wildman–Crippen MR) is 73.2 cm³/mol. The predicted octanol–water partition coefficient (Wildman–Crippen LogP) is 4.60. The molecular weight excluding hydrogens is 306 g/mol. The summed E-state index contributed by atoms with van der Waals surface area (Å²) in [6.07, 6.45) is 0. The van der Waals surface area contributed by atoms with Crippen LogP contribution in [0.5, 0.6) is 0 Å². The maximum absolute atomic E-state index is 13.9. The van der Waals surface area contributed by atoms with Crippen molar-refractivity contribution in [2.24, 2.45) is 0 Å². The molecule has 2 aromatic rings. The minimum atomic E-state index is -1.08. The minimum Gasteiger partial charge on any atom is -0.306 e. The topological polar surface area (TPSA) is 12.0 Å². The lowest BCUT2D eigenvalue weighted by molar-refractivity contribution is 0.501. The zero-order valence-electron chi connectivity index (χ0n) is 11.1. The third kappa shape index (κ3) is 3.36. The van der Waals surface area contributed by atoms with Gasteiger partial charge in [0.05, 0.1) is 6.04 Å². The molecule has 21 heavy (non-hydrogen) atoms. The Morgan fingerprint density at radius 2 is 1.62 bits per heavy atom. The number of hydrogen-bond acceptors (Lipinski definition) is 1. The summed E-state index contributed by atoms with van der Waals surface area (Å²) in [4.78, 5) is 0. The van der Waals surface area contributed by atoms with Crippen molar-refractivity contribution in [2.75, 3.05) is 6.54 Å². The third-order valence-electron chi connectivity index (χ3n) is 3.03. The molecule has 0 saturated carbocycles. The molecule has 0 saturated heterocycles. The fourth-order valence-corrected chi connectivity index (χ4v) is 2.35. The van der Waals surface area contributed by atoms with Crippen molar-refractivity contribution < 1.29 is 17.6 Å². The minimum absolute atomic E-state index is 0.0384. The van der Waals surface area contributed by atoms with Gasteiger partial charge in [0.1, 0.15) is 11.6 Å². The summed E-state index contributed by atoms with van der Waals surface area (Å²) in [6.45, 7) is 2.19.